The molecule has 1 N–H and O–H groups in total. The lowest BCUT2D eigenvalue weighted by molar-refractivity contribution is -0.385. The number of nitro groups is 1. The molecule has 0 saturated carbocycles. The van der Waals surface area contributed by atoms with Gasteiger partial charge in [0.1, 0.15) is 5.75 Å². The van der Waals surface area contributed by atoms with Crippen molar-refractivity contribution in [3.8, 4) is 5.75 Å². The Kier molecular flexibility index (Phi) is 3.11. The molecule has 0 aliphatic carbocycles. The van der Waals surface area contributed by atoms with E-state index in [2.05, 4.69) is 15.9 Å². The summed E-state index contributed by atoms with van der Waals surface area (Å²) in [6.45, 7) is 0.484. The Morgan fingerprint density at radius 3 is 3.00 bits per heavy atom. The molecule has 0 spiro atoms. The van der Waals surface area contributed by atoms with Gasteiger partial charge in [-0.3, -0.25) is 10.1 Å². The minimum absolute atomic E-state index is 0.0389. The maximum Gasteiger partial charge on any atom is 0.270 e. The van der Waals surface area contributed by atoms with Crippen LogP contribution >= 0.6 is 15.9 Å². The molecule has 1 aliphatic rings. The average molecular weight is 288 g/mol. The summed E-state index contributed by atoms with van der Waals surface area (Å²) in [6.07, 6.45) is -0.124. The minimum Gasteiger partial charge on any atom is -0.493 e. The highest BCUT2D eigenvalue weighted by Crippen LogP contribution is 2.36. The summed E-state index contributed by atoms with van der Waals surface area (Å²) in [7, 11) is 0. The van der Waals surface area contributed by atoms with Crippen LogP contribution in [0.1, 0.15) is 18.1 Å². The molecule has 0 saturated heterocycles. The van der Waals surface area contributed by atoms with Gasteiger partial charge in [0.25, 0.3) is 5.69 Å². The molecule has 0 aromatic heterocycles. The number of non-ortho nitro benzene ring substituents is 1. The molecule has 1 aliphatic heterocycles. The van der Waals surface area contributed by atoms with Crippen molar-refractivity contribution in [2.24, 2.45) is 0 Å². The normalized spacial score (nSPS) is 24.1. The molecule has 86 valence electrons. The van der Waals surface area contributed by atoms with E-state index in [0.717, 1.165) is 0 Å². The highest BCUT2D eigenvalue weighted by Gasteiger charge is 2.26. The number of ether oxygens (including phenoxy) is 1. The monoisotopic (exact) mass is 287 g/mol. The number of benzene rings is 1. The Labute approximate surface area is 100 Å². The first-order chi connectivity index (χ1) is 7.59. The van der Waals surface area contributed by atoms with E-state index >= 15 is 0 Å². The van der Waals surface area contributed by atoms with Crippen LogP contribution in [0.2, 0.25) is 0 Å². The van der Waals surface area contributed by atoms with Crippen LogP contribution in [0.15, 0.2) is 18.2 Å². The second-order valence-corrected chi connectivity index (χ2v) is 4.75. The highest BCUT2D eigenvalue weighted by atomic mass is 79.9. The third-order valence-corrected chi connectivity index (χ3v) is 3.48. The summed E-state index contributed by atoms with van der Waals surface area (Å²) in [5, 5.41) is 20.6. The van der Waals surface area contributed by atoms with Gasteiger partial charge < -0.3 is 9.84 Å². The number of nitrogens with zero attached hydrogens (tertiary/aromatic N) is 1. The summed E-state index contributed by atoms with van der Waals surface area (Å²) in [5.41, 5.74) is 0.427. The second-order valence-electron chi connectivity index (χ2n) is 3.58. The predicted octanol–water partition coefficient (Wildman–Crippen LogP) is 2.17. The lowest BCUT2D eigenvalue weighted by atomic mass is 10.0. The van der Waals surface area contributed by atoms with Crippen LogP contribution in [0.25, 0.3) is 0 Å². The number of alkyl halides is 1. The molecule has 0 bridgehead atoms. The number of fused-ring (bicyclic) bond motifs is 1. The van der Waals surface area contributed by atoms with E-state index in [0.29, 0.717) is 24.3 Å². The molecule has 16 heavy (non-hydrogen) atoms. The van der Waals surface area contributed by atoms with Crippen LogP contribution in [0.4, 0.5) is 5.69 Å². The number of aliphatic hydroxyl groups excluding tert-OH is 1. The van der Waals surface area contributed by atoms with E-state index in [9.17, 15) is 15.2 Å². The Hall–Kier alpha value is -1.14. The second kappa shape index (κ2) is 4.39. The van der Waals surface area contributed by atoms with E-state index in [4.69, 9.17) is 4.74 Å². The fourth-order valence-electron chi connectivity index (χ4n) is 1.65. The van der Waals surface area contributed by atoms with Crippen molar-refractivity contribution in [3.63, 3.8) is 0 Å². The molecule has 2 rings (SSSR count). The molecule has 1 aromatic carbocycles. The van der Waals surface area contributed by atoms with Gasteiger partial charge in [0, 0.05) is 22.5 Å². The molecule has 0 fully saturated rings. The predicted molar refractivity (Wildman–Crippen MR) is 60.9 cm³/mol. The van der Waals surface area contributed by atoms with Crippen molar-refractivity contribution in [3.05, 3.63) is 33.9 Å². The van der Waals surface area contributed by atoms with Gasteiger partial charge >= 0.3 is 0 Å². The van der Waals surface area contributed by atoms with Crippen LogP contribution in [0.3, 0.4) is 0 Å². The number of hydrogen-bond acceptors (Lipinski definition) is 4. The lowest BCUT2D eigenvalue weighted by Crippen LogP contribution is -2.11. The zero-order valence-corrected chi connectivity index (χ0v) is 9.88. The van der Waals surface area contributed by atoms with Crippen molar-refractivity contribution in [1.82, 2.24) is 0 Å². The van der Waals surface area contributed by atoms with Crippen molar-refractivity contribution in [2.45, 2.75) is 17.4 Å². The van der Waals surface area contributed by atoms with Gasteiger partial charge in [-0.1, -0.05) is 15.9 Å². The zero-order chi connectivity index (χ0) is 11.7. The van der Waals surface area contributed by atoms with Gasteiger partial charge in [0.05, 0.1) is 17.6 Å². The van der Waals surface area contributed by atoms with Crippen LogP contribution < -0.4 is 4.74 Å². The maximum atomic E-state index is 10.6. The van der Waals surface area contributed by atoms with Crippen LogP contribution in [-0.4, -0.2) is 21.5 Å². The first-order valence-electron chi connectivity index (χ1n) is 4.83. The van der Waals surface area contributed by atoms with Gasteiger partial charge in [-0.2, -0.15) is 0 Å². The number of nitro benzene ring substituents is 1. The lowest BCUT2D eigenvalue weighted by Gasteiger charge is -2.14. The summed E-state index contributed by atoms with van der Waals surface area (Å²) in [6, 6.07) is 4.27. The van der Waals surface area contributed by atoms with E-state index < -0.39 is 11.0 Å². The summed E-state index contributed by atoms with van der Waals surface area (Å²) in [5.74, 6) is 0.514. The zero-order valence-electron chi connectivity index (χ0n) is 8.30. The summed E-state index contributed by atoms with van der Waals surface area (Å²) < 4.78 is 5.41. The third-order valence-electron chi connectivity index (χ3n) is 2.52. The number of hydrogen-bond donors (Lipinski definition) is 1. The minimum atomic E-state index is -0.780. The van der Waals surface area contributed by atoms with E-state index in [-0.39, 0.29) is 10.5 Å². The Balaban J connectivity index is 2.46. The average Bonchev–Trinajstić information content (AvgIpc) is 2.40. The molecule has 5 nitrogen and oxygen atoms in total. The molecule has 1 heterocycles. The van der Waals surface area contributed by atoms with Gasteiger partial charge in [-0.25, -0.2) is 0 Å². The van der Waals surface area contributed by atoms with Gasteiger partial charge in [0.2, 0.25) is 0 Å². The topological polar surface area (TPSA) is 72.6 Å². The number of aliphatic hydroxyl groups is 1. The van der Waals surface area contributed by atoms with E-state index in [1.54, 1.807) is 0 Å². The van der Waals surface area contributed by atoms with Crippen LogP contribution in [0, 0.1) is 10.1 Å². The molecule has 2 atom stereocenters. The SMILES string of the molecule is O=[N+]([O-])c1ccc2c(c1)[C@H](O)[C@@H](Br)CCO2. The highest BCUT2D eigenvalue weighted by molar-refractivity contribution is 9.09. The molecular formula is C10H10BrNO4. The largest absolute Gasteiger partial charge is 0.493 e. The van der Waals surface area contributed by atoms with Gasteiger partial charge in [-0.15, -0.1) is 0 Å². The number of rotatable bonds is 1. The summed E-state index contributed by atoms with van der Waals surface area (Å²) in [4.78, 5) is 10.0. The van der Waals surface area contributed by atoms with Crippen molar-refractivity contribution < 1.29 is 14.8 Å². The van der Waals surface area contributed by atoms with Crippen molar-refractivity contribution >= 4 is 21.6 Å². The molecule has 0 radical (unpaired) electrons. The summed E-state index contributed by atoms with van der Waals surface area (Å²) >= 11 is 3.34. The molecule has 1 aromatic rings. The number of halogens is 1. The Morgan fingerprint density at radius 1 is 1.56 bits per heavy atom. The smallest absolute Gasteiger partial charge is 0.270 e. The fraction of sp³-hybridized carbons (Fsp3) is 0.400. The fourth-order valence-corrected chi connectivity index (χ4v) is 2.12. The van der Waals surface area contributed by atoms with Crippen molar-refractivity contribution in [2.75, 3.05) is 6.61 Å². The third kappa shape index (κ3) is 2.03. The van der Waals surface area contributed by atoms with Gasteiger partial charge in [0.15, 0.2) is 0 Å². The molecule has 0 unspecified atom stereocenters. The quantitative estimate of drug-likeness (QED) is 0.488. The maximum absolute atomic E-state index is 10.6. The van der Waals surface area contributed by atoms with Crippen LogP contribution in [-0.2, 0) is 0 Å². The van der Waals surface area contributed by atoms with E-state index in [1.165, 1.54) is 18.2 Å². The Bertz CT molecular complexity index is 423. The van der Waals surface area contributed by atoms with Crippen LogP contribution in [0.5, 0.6) is 5.75 Å². The molecular weight excluding hydrogens is 278 g/mol. The standard InChI is InChI=1S/C10H10BrNO4/c11-8-3-4-16-9-2-1-6(12(14)15)5-7(9)10(8)13/h1-2,5,8,10,13H,3-4H2/t8-,10-/m0/s1. The Morgan fingerprint density at radius 2 is 2.31 bits per heavy atom. The van der Waals surface area contributed by atoms with E-state index in [1.807, 2.05) is 0 Å². The van der Waals surface area contributed by atoms with Crippen molar-refractivity contribution in [1.29, 1.82) is 0 Å². The molecule has 6 heteroatoms. The first-order valence-corrected chi connectivity index (χ1v) is 5.74. The molecule has 0 amide bonds. The van der Waals surface area contributed by atoms with Gasteiger partial charge in [-0.05, 0) is 12.5 Å². The first kappa shape index (κ1) is 11.3.